The molecule has 0 aliphatic rings. The lowest BCUT2D eigenvalue weighted by Gasteiger charge is -2.16. The molecular weight excluding hydrogens is 377 g/mol. The van der Waals surface area contributed by atoms with Crippen LogP contribution in [0.4, 0.5) is 22.0 Å². The van der Waals surface area contributed by atoms with Crippen LogP contribution in [0.25, 0.3) is 16.9 Å². The van der Waals surface area contributed by atoms with E-state index in [2.05, 4.69) is 24.9 Å². The summed E-state index contributed by atoms with van der Waals surface area (Å²) in [4.78, 5) is 7.85. The van der Waals surface area contributed by atoms with Crippen molar-refractivity contribution in [1.29, 1.82) is 0 Å². The van der Waals surface area contributed by atoms with Gasteiger partial charge in [-0.2, -0.15) is 22.0 Å². The molecule has 0 fully saturated rings. The van der Waals surface area contributed by atoms with Crippen LogP contribution in [0.1, 0.15) is 12.7 Å². The molecule has 0 N–H and O–H groups in total. The van der Waals surface area contributed by atoms with E-state index in [9.17, 15) is 22.0 Å². The molecule has 0 saturated carbocycles. The standard InChI is InChI=1S/C15H12F5N5O2/c1-8(14(16,17)18)27-12-4-3-9(5-22-12)10-7-25-11(6-21-10)23-24-13(25)15(19,20)26-2/h3-8H,1-2H3. The predicted molar refractivity (Wildman–Crippen MR) is 81.1 cm³/mol. The molecule has 27 heavy (non-hydrogen) atoms. The summed E-state index contributed by atoms with van der Waals surface area (Å²) in [6, 6.07) is 2.62. The van der Waals surface area contributed by atoms with Crippen LogP contribution in [0.3, 0.4) is 0 Å². The van der Waals surface area contributed by atoms with E-state index in [4.69, 9.17) is 4.74 Å². The van der Waals surface area contributed by atoms with Gasteiger partial charge in [-0.15, -0.1) is 10.2 Å². The van der Waals surface area contributed by atoms with Crippen LogP contribution in [-0.4, -0.2) is 44.0 Å². The van der Waals surface area contributed by atoms with E-state index in [0.717, 1.165) is 18.4 Å². The van der Waals surface area contributed by atoms with Crippen molar-refractivity contribution >= 4 is 5.65 Å². The molecule has 0 aliphatic carbocycles. The molecule has 144 valence electrons. The first-order valence-corrected chi connectivity index (χ1v) is 7.46. The van der Waals surface area contributed by atoms with Crippen LogP contribution < -0.4 is 4.74 Å². The SMILES string of the molecule is COC(F)(F)c1nnc2cnc(-c3ccc(OC(C)C(F)(F)F)nc3)cn12. The lowest BCUT2D eigenvalue weighted by Crippen LogP contribution is -2.31. The van der Waals surface area contributed by atoms with Gasteiger partial charge in [0.1, 0.15) is 0 Å². The zero-order valence-electron chi connectivity index (χ0n) is 13.9. The Hall–Kier alpha value is -2.89. The highest BCUT2D eigenvalue weighted by atomic mass is 19.4. The Morgan fingerprint density at radius 1 is 1.04 bits per heavy atom. The molecule has 0 radical (unpaired) electrons. The first-order chi connectivity index (χ1) is 12.6. The van der Waals surface area contributed by atoms with Gasteiger partial charge in [0.25, 0.3) is 0 Å². The quantitative estimate of drug-likeness (QED) is 0.624. The van der Waals surface area contributed by atoms with Crippen molar-refractivity contribution in [2.45, 2.75) is 25.3 Å². The van der Waals surface area contributed by atoms with Gasteiger partial charge in [0.2, 0.25) is 11.7 Å². The third-order valence-electron chi connectivity index (χ3n) is 3.60. The van der Waals surface area contributed by atoms with Crippen molar-refractivity contribution in [3.63, 3.8) is 0 Å². The molecule has 0 aromatic carbocycles. The summed E-state index contributed by atoms with van der Waals surface area (Å²) in [5.41, 5.74) is 0.653. The molecule has 0 bridgehead atoms. The van der Waals surface area contributed by atoms with Crippen LogP contribution in [0, 0.1) is 0 Å². The van der Waals surface area contributed by atoms with Crippen molar-refractivity contribution < 1.29 is 31.4 Å². The summed E-state index contributed by atoms with van der Waals surface area (Å²) in [5, 5.41) is 6.98. The number of halogens is 5. The predicted octanol–water partition coefficient (Wildman–Crippen LogP) is 3.21. The number of hydrogen-bond acceptors (Lipinski definition) is 6. The Bertz CT molecular complexity index is 942. The Morgan fingerprint density at radius 2 is 1.78 bits per heavy atom. The van der Waals surface area contributed by atoms with E-state index in [1.54, 1.807) is 0 Å². The number of methoxy groups -OCH3 is 1. The van der Waals surface area contributed by atoms with Gasteiger partial charge < -0.3 is 9.47 Å². The van der Waals surface area contributed by atoms with E-state index in [1.165, 1.54) is 30.7 Å². The second kappa shape index (κ2) is 6.68. The molecule has 12 heteroatoms. The number of rotatable bonds is 5. The molecule has 1 unspecified atom stereocenters. The van der Waals surface area contributed by atoms with E-state index in [1.807, 2.05) is 0 Å². The van der Waals surface area contributed by atoms with Crippen molar-refractivity contribution in [3.05, 3.63) is 36.5 Å². The summed E-state index contributed by atoms with van der Waals surface area (Å²) < 4.78 is 74.9. The molecule has 3 aromatic heterocycles. The highest BCUT2D eigenvalue weighted by Gasteiger charge is 2.38. The van der Waals surface area contributed by atoms with E-state index in [0.29, 0.717) is 5.56 Å². The van der Waals surface area contributed by atoms with E-state index < -0.39 is 24.2 Å². The van der Waals surface area contributed by atoms with E-state index in [-0.39, 0.29) is 17.2 Å². The molecule has 3 heterocycles. The van der Waals surface area contributed by atoms with Gasteiger partial charge in [0, 0.05) is 31.1 Å². The fourth-order valence-corrected chi connectivity index (χ4v) is 2.09. The fourth-order valence-electron chi connectivity index (χ4n) is 2.09. The number of hydrogen-bond donors (Lipinski definition) is 0. The van der Waals surface area contributed by atoms with E-state index >= 15 is 0 Å². The van der Waals surface area contributed by atoms with Crippen LogP contribution in [0.15, 0.2) is 30.7 Å². The Morgan fingerprint density at radius 3 is 2.37 bits per heavy atom. The summed E-state index contributed by atoms with van der Waals surface area (Å²) in [5.74, 6) is -0.976. The molecule has 0 aliphatic heterocycles. The van der Waals surface area contributed by atoms with Gasteiger partial charge in [0.05, 0.1) is 11.9 Å². The minimum Gasteiger partial charge on any atom is -0.465 e. The van der Waals surface area contributed by atoms with Crippen molar-refractivity contribution in [1.82, 2.24) is 24.6 Å². The fraction of sp³-hybridized carbons (Fsp3) is 0.333. The third kappa shape index (κ3) is 3.79. The molecule has 0 amide bonds. The largest absolute Gasteiger partial charge is 0.465 e. The zero-order valence-corrected chi connectivity index (χ0v) is 13.9. The minimum absolute atomic E-state index is 0.0670. The number of aromatic nitrogens is 5. The first-order valence-electron chi connectivity index (χ1n) is 7.46. The van der Waals surface area contributed by atoms with Crippen LogP contribution in [0.2, 0.25) is 0 Å². The maximum Gasteiger partial charge on any atom is 0.425 e. The highest BCUT2D eigenvalue weighted by Crippen LogP contribution is 2.28. The molecule has 3 aromatic rings. The second-order valence-electron chi connectivity index (χ2n) is 5.43. The molecule has 7 nitrogen and oxygen atoms in total. The monoisotopic (exact) mass is 389 g/mol. The molecule has 1 atom stereocenters. The van der Waals surface area contributed by atoms with Crippen LogP contribution in [0.5, 0.6) is 5.88 Å². The molecule has 0 saturated heterocycles. The molecular formula is C15H12F5N5O2. The van der Waals surface area contributed by atoms with Gasteiger partial charge in [-0.05, 0) is 13.0 Å². The minimum atomic E-state index is -4.52. The number of nitrogens with zero attached hydrogens (tertiary/aromatic N) is 5. The average Bonchev–Trinajstić information content (AvgIpc) is 3.05. The summed E-state index contributed by atoms with van der Waals surface area (Å²) in [7, 11) is 0.827. The smallest absolute Gasteiger partial charge is 0.425 e. The summed E-state index contributed by atoms with van der Waals surface area (Å²) >= 11 is 0. The Balaban J connectivity index is 1.90. The lowest BCUT2D eigenvalue weighted by atomic mass is 10.2. The molecule has 3 rings (SSSR count). The normalized spacial score (nSPS) is 13.7. The van der Waals surface area contributed by atoms with Crippen molar-refractivity contribution in [3.8, 4) is 17.1 Å². The van der Waals surface area contributed by atoms with Crippen molar-refractivity contribution in [2.24, 2.45) is 0 Å². The number of fused-ring (bicyclic) bond motifs is 1. The summed E-state index contributed by atoms with van der Waals surface area (Å²) in [6.07, 6.45) is -6.54. The Labute approximate surface area is 148 Å². The van der Waals surface area contributed by atoms with Gasteiger partial charge in [-0.1, -0.05) is 0 Å². The van der Waals surface area contributed by atoms with Gasteiger partial charge in [0.15, 0.2) is 11.8 Å². The molecule has 0 spiro atoms. The first kappa shape index (κ1) is 18.9. The zero-order chi connectivity index (χ0) is 19.8. The van der Waals surface area contributed by atoms with Crippen molar-refractivity contribution in [2.75, 3.05) is 7.11 Å². The topological polar surface area (TPSA) is 74.4 Å². The average molecular weight is 389 g/mol. The highest BCUT2D eigenvalue weighted by molar-refractivity contribution is 5.59. The number of alkyl halides is 5. The third-order valence-corrected chi connectivity index (χ3v) is 3.60. The van der Waals surface area contributed by atoms with Gasteiger partial charge in [-0.3, -0.25) is 9.38 Å². The Kier molecular flexibility index (Phi) is 4.68. The maximum atomic E-state index is 13.8. The number of pyridine rings is 1. The van der Waals surface area contributed by atoms with Crippen LogP contribution in [-0.2, 0) is 10.8 Å². The maximum absolute atomic E-state index is 13.8. The summed E-state index contributed by atoms with van der Waals surface area (Å²) in [6.45, 7) is 0.856. The lowest BCUT2D eigenvalue weighted by molar-refractivity contribution is -0.237. The van der Waals surface area contributed by atoms with Crippen LogP contribution >= 0.6 is 0 Å². The second-order valence-corrected chi connectivity index (χ2v) is 5.43. The van der Waals surface area contributed by atoms with Gasteiger partial charge >= 0.3 is 12.3 Å². The number of ether oxygens (including phenoxy) is 2. The van der Waals surface area contributed by atoms with Gasteiger partial charge in [-0.25, -0.2) is 4.98 Å².